The molecule has 10 heteroatoms. The molecule has 2 aromatic heterocycles. The molecule has 0 bridgehead atoms. The number of morpholine rings is 1. The van der Waals surface area contributed by atoms with Gasteiger partial charge in [-0.05, 0) is 30.3 Å². The van der Waals surface area contributed by atoms with E-state index in [1.165, 1.54) is 12.3 Å². The lowest BCUT2D eigenvalue weighted by atomic mass is 9.98. The quantitative estimate of drug-likeness (QED) is 0.224. The van der Waals surface area contributed by atoms with Gasteiger partial charge in [-0.25, -0.2) is 17.6 Å². The Kier molecular flexibility index (Phi) is 6.32. The maximum absolute atomic E-state index is 15.1. The molecule has 0 radical (unpaired) electrons. The number of fused-ring (bicyclic) bond motifs is 2. The number of hydrogen-bond donors (Lipinski definition) is 1. The van der Waals surface area contributed by atoms with Gasteiger partial charge >= 0.3 is 0 Å². The molecule has 1 aliphatic heterocycles. The van der Waals surface area contributed by atoms with E-state index in [1.807, 2.05) is 17.0 Å². The van der Waals surface area contributed by atoms with Crippen molar-refractivity contribution in [2.24, 2.45) is 0 Å². The Bertz CT molecular complexity index is 1750. The summed E-state index contributed by atoms with van der Waals surface area (Å²) in [7, 11) is 0. The number of benzene rings is 3. The molecule has 3 aromatic carbocycles. The number of nitrogens with one attached hydrogen (secondary N) is 1. The van der Waals surface area contributed by atoms with E-state index in [9.17, 15) is 18.0 Å². The average Bonchev–Trinajstić information content (AvgIpc) is 2.95. The number of nitrogens with zero attached hydrogens (tertiary/aromatic N) is 3. The monoisotopic (exact) mass is 532 g/mol. The maximum atomic E-state index is 15.1. The van der Waals surface area contributed by atoms with Crippen LogP contribution in [0.5, 0.6) is 0 Å². The van der Waals surface area contributed by atoms with Gasteiger partial charge in [0, 0.05) is 47.3 Å². The van der Waals surface area contributed by atoms with E-state index in [4.69, 9.17) is 4.74 Å². The van der Waals surface area contributed by atoms with Gasteiger partial charge in [0.15, 0.2) is 11.6 Å². The molecule has 1 amide bonds. The molecule has 0 atom stereocenters. The van der Waals surface area contributed by atoms with Crippen LogP contribution in [-0.2, 0) is 4.74 Å². The third-order valence-corrected chi connectivity index (χ3v) is 6.69. The van der Waals surface area contributed by atoms with Crippen molar-refractivity contribution in [3.05, 3.63) is 95.8 Å². The molecule has 6 rings (SSSR count). The minimum Gasteiger partial charge on any atom is -0.378 e. The number of halogens is 4. The average molecular weight is 532 g/mol. The Hall–Kier alpha value is -4.57. The van der Waals surface area contributed by atoms with Crippen molar-refractivity contribution in [1.82, 2.24) is 9.97 Å². The minimum atomic E-state index is -1.44. The molecule has 1 N–H and O–H groups in total. The second kappa shape index (κ2) is 9.95. The Morgan fingerprint density at radius 2 is 1.69 bits per heavy atom. The van der Waals surface area contributed by atoms with Gasteiger partial charge in [0.05, 0.1) is 47.4 Å². The van der Waals surface area contributed by atoms with Crippen molar-refractivity contribution in [2.45, 2.75) is 0 Å². The van der Waals surface area contributed by atoms with E-state index in [0.29, 0.717) is 65.6 Å². The first-order valence-corrected chi connectivity index (χ1v) is 12.2. The number of carbonyl (C=O) groups excluding carboxylic acids is 1. The lowest BCUT2D eigenvalue weighted by molar-refractivity contribution is 0.102. The fourth-order valence-electron chi connectivity index (χ4n) is 4.92. The number of para-hydroxylation sites is 1. The highest BCUT2D eigenvalue weighted by Crippen LogP contribution is 2.40. The van der Waals surface area contributed by atoms with Crippen molar-refractivity contribution in [1.29, 1.82) is 0 Å². The highest BCUT2D eigenvalue weighted by molar-refractivity contribution is 6.15. The minimum absolute atomic E-state index is 0.00671. The molecule has 196 valence electrons. The van der Waals surface area contributed by atoms with Crippen molar-refractivity contribution in [3.8, 4) is 11.1 Å². The van der Waals surface area contributed by atoms with Crippen molar-refractivity contribution >= 4 is 39.1 Å². The molecule has 0 unspecified atom stereocenters. The van der Waals surface area contributed by atoms with E-state index in [1.54, 1.807) is 24.4 Å². The zero-order valence-corrected chi connectivity index (χ0v) is 20.3. The second-order valence-corrected chi connectivity index (χ2v) is 9.02. The predicted octanol–water partition coefficient (Wildman–Crippen LogP) is 6.10. The van der Waals surface area contributed by atoms with Crippen LogP contribution in [0.1, 0.15) is 10.4 Å². The van der Waals surface area contributed by atoms with E-state index in [2.05, 4.69) is 15.3 Å². The van der Waals surface area contributed by atoms with Crippen LogP contribution in [0.2, 0.25) is 0 Å². The van der Waals surface area contributed by atoms with Gasteiger partial charge in [0.25, 0.3) is 5.91 Å². The van der Waals surface area contributed by atoms with Crippen molar-refractivity contribution in [2.75, 3.05) is 36.5 Å². The molecule has 0 aliphatic carbocycles. The van der Waals surface area contributed by atoms with E-state index >= 15 is 4.39 Å². The summed E-state index contributed by atoms with van der Waals surface area (Å²) in [6, 6.07) is 12.5. The Labute approximate surface area is 219 Å². The number of rotatable bonds is 4. The third-order valence-electron chi connectivity index (χ3n) is 6.69. The van der Waals surface area contributed by atoms with E-state index in [-0.39, 0.29) is 11.1 Å². The maximum Gasteiger partial charge on any atom is 0.256 e. The summed E-state index contributed by atoms with van der Waals surface area (Å²) in [5, 5.41) is 3.94. The number of carbonyl (C=O) groups is 1. The first kappa shape index (κ1) is 24.7. The largest absolute Gasteiger partial charge is 0.378 e. The smallest absolute Gasteiger partial charge is 0.256 e. The summed E-state index contributed by atoms with van der Waals surface area (Å²) in [4.78, 5) is 24.0. The molecule has 1 saturated heterocycles. The lowest BCUT2D eigenvalue weighted by Crippen LogP contribution is -2.37. The zero-order chi connectivity index (χ0) is 27.1. The van der Waals surface area contributed by atoms with Crippen molar-refractivity contribution in [3.63, 3.8) is 0 Å². The topological polar surface area (TPSA) is 67.4 Å². The summed E-state index contributed by atoms with van der Waals surface area (Å²) >= 11 is 0. The number of hydrogen-bond acceptors (Lipinski definition) is 5. The molecule has 0 spiro atoms. The molecule has 39 heavy (non-hydrogen) atoms. The van der Waals surface area contributed by atoms with Crippen LogP contribution in [0.4, 0.5) is 28.9 Å². The van der Waals surface area contributed by atoms with Crippen LogP contribution < -0.4 is 10.2 Å². The summed E-state index contributed by atoms with van der Waals surface area (Å²) in [5.41, 5.74) is 0.914. The van der Waals surface area contributed by atoms with Gasteiger partial charge in [-0.1, -0.05) is 18.2 Å². The van der Waals surface area contributed by atoms with Crippen LogP contribution in [0.15, 0.2) is 67.0 Å². The van der Waals surface area contributed by atoms with Crippen LogP contribution in [-0.4, -0.2) is 42.2 Å². The van der Waals surface area contributed by atoms with Gasteiger partial charge in [-0.2, -0.15) is 0 Å². The number of pyridine rings is 2. The Balaban J connectivity index is 1.53. The summed E-state index contributed by atoms with van der Waals surface area (Å²) < 4.78 is 63.5. The molecule has 1 fully saturated rings. The third kappa shape index (κ3) is 4.42. The molecule has 1 aliphatic rings. The van der Waals surface area contributed by atoms with E-state index < -0.39 is 34.7 Å². The van der Waals surface area contributed by atoms with Gasteiger partial charge in [-0.15, -0.1) is 0 Å². The zero-order valence-electron chi connectivity index (χ0n) is 20.3. The number of aromatic nitrogens is 2. The highest BCUT2D eigenvalue weighted by atomic mass is 19.2. The number of anilines is 2. The van der Waals surface area contributed by atoms with Crippen molar-refractivity contribution < 1.29 is 27.1 Å². The normalized spacial score (nSPS) is 13.7. The molecule has 0 saturated carbocycles. The van der Waals surface area contributed by atoms with E-state index in [0.717, 1.165) is 12.1 Å². The standard InChI is InChI=1S/C29H20F4N4O2/c30-16-13-20(26(33)22(32)14-16)25-21(31)6-5-19-27(25)35-15-24(28(19)37-9-11-39-12-10-37)36-29(38)18-7-8-34-23-4-2-1-3-17(18)23/h1-8,13-15H,9-12H2,(H,36,38). The number of ether oxygens (including phenoxy) is 1. The van der Waals surface area contributed by atoms with Crippen LogP contribution in [0.25, 0.3) is 32.9 Å². The highest BCUT2D eigenvalue weighted by Gasteiger charge is 2.25. The SMILES string of the molecule is O=C(Nc1cnc2c(-c3cc(F)cc(F)c3F)c(F)ccc2c1N1CCOCC1)c1ccnc2ccccc12. The van der Waals surface area contributed by atoms with Gasteiger partial charge < -0.3 is 15.0 Å². The predicted molar refractivity (Wildman–Crippen MR) is 140 cm³/mol. The second-order valence-electron chi connectivity index (χ2n) is 9.02. The summed E-state index contributed by atoms with van der Waals surface area (Å²) in [5.74, 6) is -5.19. The van der Waals surface area contributed by atoms with Gasteiger partial charge in [0.1, 0.15) is 11.6 Å². The van der Waals surface area contributed by atoms with Crippen LogP contribution in [0.3, 0.4) is 0 Å². The molecule has 5 aromatic rings. The summed E-state index contributed by atoms with van der Waals surface area (Å²) in [6.45, 7) is 1.72. The Morgan fingerprint density at radius 3 is 2.51 bits per heavy atom. The van der Waals surface area contributed by atoms with Gasteiger partial charge in [-0.3, -0.25) is 14.8 Å². The fraction of sp³-hybridized carbons (Fsp3) is 0.138. The molecule has 6 nitrogen and oxygen atoms in total. The molecular formula is C29H20F4N4O2. The van der Waals surface area contributed by atoms with Crippen LogP contribution >= 0.6 is 0 Å². The number of amides is 1. The molecular weight excluding hydrogens is 512 g/mol. The molecule has 3 heterocycles. The Morgan fingerprint density at radius 1 is 0.897 bits per heavy atom. The lowest BCUT2D eigenvalue weighted by Gasteiger charge is -2.31. The first-order valence-electron chi connectivity index (χ1n) is 12.2. The first-order chi connectivity index (χ1) is 18.9. The van der Waals surface area contributed by atoms with Crippen LogP contribution in [0, 0.1) is 23.3 Å². The fourth-order valence-corrected chi connectivity index (χ4v) is 4.92. The van der Waals surface area contributed by atoms with Gasteiger partial charge in [0.2, 0.25) is 0 Å². The summed E-state index contributed by atoms with van der Waals surface area (Å²) in [6.07, 6.45) is 2.88.